The van der Waals surface area contributed by atoms with Crippen LogP contribution < -0.4 is 9.80 Å². The zero-order valence-electron chi connectivity index (χ0n) is 13.9. The summed E-state index contributed by atoms with van der Waals surface area (Å²) in [5.41, 5.74) is 0.764. The van der Waals surface area contributed by atoms with Gasteiger partial charge in [-0.3, -0.25) is 4.79 Å². The average molecular weight is 378 g/mol. The van der Waals surface area contributed by atoms with Gasteiger partial charge in [-0.05, 0) is 49.4 Å². The molecule has 4 nitrogen and oxygen atoms in total. The summed E-state index contributed by atoms with van der Waals surface area (Å²) in [5.74, 6) is 1.35. The van der Waals surface area contributed by atoms with E-state index in [4.69, 9.17) is 23.2 Å². The number of halogens is 2. The van der Waals surface area contributed by atoms with E-state index in [9.17, 15) is 4.79 Å². The van der Waals surface area contributed by atoms with Crippen molar-refractivity contribution in [2.45, 2.75) is 19.3 Å². The third-order valence-corrected chi connectivity index (χ3v) is 5.24. The largest absolute Gasteiger partial charge is 0.355 e. The normalized spacial score (nSPS) is 17.4. The van der Waals surface area contributed by atoms with Crippen molar-refractivity contribution in [3.8, 4) is 0 Å². The number of pyridine rings is 1. The van der Waals surface area contributed by atoms with Crippen LogP contribution in [0.2, 0.25) is 10.0 Å². The standard InChI is InChI=1S/C19H21Cl2N3O/c20-16-6-1-2-8-18(16)24(14-25)12-9-15-5-4-11-23(13-15)19-17(21)7-3-10-22-19/h1-3,6-8,10,14-15H,4-5,9,11-13H2. The van der Waals surface area contributed by atoms with Gasteiger partial charge in [0.2, 0.25) is 6.41 Å². The van der Waals surface area contributed by atoms with Gasteiger partial charge in [0.15, 0.2) is 0 Å². The van der Waals surface area contributed by atoms with Crippen molar-refractivity contribution in [2.75, 3.05) is 29.4 Å². The zero-order valence-corrected chi connectivity index (χ0v) is 15.5. The van der Waals surface area contributed by atoms with Crippen LogP contribution in [0.5, 0.6) is 0 Å². The number of amides is 1. The Kier molecular flexibility index (Phi) is 6.16. The van der Waals surface area contributed by atoms with Crippen LogP contribution in [0.4, 0.5) is 11.5 Å². The van der Waals surface area contributed by atoms with Gasteiger partial charge in [-0.25, -0.2) is 4.98 Å². The molecule has 1 saturated heterocycles. The number of aromatic nitrogens is 1. The number of rotatable bonds is 6. The van der Waals surface area contributed by atoms with Gasteiger partial charge >= 0.3 is 0 Å². The van der Waals surface area contributed by atoms with Crippen molar-refractivity contribution in [1.29, 1.82) is 0 Å². The molecule has 1 aromatic heterocycles. The van der Waals surface area contributed by atoms with Crippen LogP contribution in [0.1, 0.15) is 19.3 Å². The highest BCUT2D eigenvalue weighted by atomic mass is 35.5. The Bertz CT molecular complexity index is 725. The van der Waals surface area contributed by atoms with Gasteiger partial charge in [-0.15, -0.1) is 0 Å². The van der Waals surface area contributed by atoms with Crippen molar-refractivity contribution in [2.24, 2.45) is 5.92 Å². The Labute approximate surface area is 158 Å². The number of para-hydroxylation sites is 1. The number of benzene rings is 1. The third-order valence-electron chi connectivity index (χ3n) is 4.62. The lowest BCUT2D eigenvalue weighted by Gasteiger charge is -2.34. The summed E-state index contributed by atoms with van der Waals surface area (Å²) < 4.78 is 0. The van der Waals surface area contributed by atoms with E-state index < -0.39 is 0 Å². The molecular formula is C19H21Cl2N3O. The van der Waals surface area contributed by atoms with Gasteiger partial charge in [-0.1, -0.05) is 35.3 Å². The molecule has 6 heteroatoms. The number of carbonyl (C=O) groups excluding carboxylic acids is 1. The fraction of sp³-hybridized carbons (Fsp3) is 0.368. The summed E-state index contributed by atoms with van der Waals surface area (Å²) in [5, 5.41) is 1.29. The summed E-state index contributed by atoms with van der Waals surface area (Å²) in [6.45, 7) is 2.53. The lowest BCUT2D eigenvalue weighted by atomic mass is 9.94. The molecule has 1 fully saturated rings. The molecule has 2 aromatic rings. The maximum atomic E-state index is 11.5. The SMILES string of the molecule is O=CN(CCC1CCCN(c2ncccc2Cl)C1)c1ccccc1Cl. The molecule has 1 amide bonds. The number of nitrogens with zero attached hydrogens (tertiary/aromatic N) is 3. The molecule has 0 bridgehead atoms. The fourth-order valence-corrected chi connectivity index (χ4v) is 3.82. The number of hydrogen-bond acceptors (Lipinski definition) is 3. The topological polar surface area (TPSA) is 36.4 Å². The van der Waals surface area contributed by atoms with Crippen molar-refractivity contribution >= 4 is 41.1 Å². The molecule has 1 atom stereocenters. The first-order valence-electron chi connectivity index (χ1n) is 8.51. The summed E-state index contributed by atoms with van der Waals surface area (Å²) in [7, 11) is 0. The second-order valence-corrected chi connectivity index (χ2v) is 7.12. The highest BCUT2D eigenvalue weighted by Crippen LogP contribution is 2.30. The first-order valence-corrected chi connectivity index (χ1v) is 9.26. The number of carbonyl (C=O) groups is 1. The molecule has 1 aromatic carbocycles. The monoisotopic (exact) mass is 377 g/mol. The molecule has 2 heterocycles. The molecule has 0 spiro atoms. The van der Waals surface area contributed by atoms with Crippen LogP contribution >= 0.6 is 23.2 Å². The summed E-state index contributed by atoms with van der Waals surface area (Å²) in [4.78, 5) is 19.8. The smallest absolute Gasteiger partial charge is 0.214 e. The molecule has 0 saturated carbocycles. The van der Waals surface area contributed by atoms with E-state index in [1.54, 1.807) is 17.2 Å². The van der Waals surface area contributed by atoms with E-state index in [2.05, 4.69) is 9.88 Å². The maximum Gasteiger partial charge on any atom is 0.214 e. The first kappa shape index (κ1) is 18.0. The van der Waals surface area contributed by atoms with E-state index in [-0.39, 0.29) is 0 Å². The van der Waals surface area contributed by atoms with Crippen LogP contribution in [0.15, 0.2) is 42.6 Å². The molecule has 0 radical (unpaired) electrons. The van der Waals surface area contributed by atoms with E-state index >= 15 is 0 Å². The van der Waals surface area contributed by atoms with Gasteiger partial charge in [0.05, 0.1) is 15.7 Å². The van der Waals surface area contributed by atoms with Crippen molar-refractivity contribution < 1.29 is 4.79 Å². The first-order chi connectivity index (χ1) is 12.2. The molecule has 1 aliphatic heterocycles. The van der Waals surface area contributed by atoms with Crippen molar-refractivity contribution in [3.05, 3.63) is 52.6 Å². The van der Waals surface area contributed by atoms with Crippen LogP contribution in [0.3, 0.4) is 0 Å². The minimum absolute atomic E-state index is 0.497. The van der Waals surface area contributed by atoms with E-state index in [1.807, 2.05) is 30.3 Å². The zero-order chi connectivity index (χ0) is 17.6. The Hall–Kier alpha value is -1.78. The van der Waals surface area contributed by atoms with Crippen LogP contribution in [0, 0.1) is 5.92 Å². The fourth-order valence-electron chi connectivity index (χ4n) is 3.34. The average Bonchev–Trinajstić information content (AvgIpc) is 2.64. The van der Waals surface area contributed by atoms with Crippen molar-refractivity contribution in [1.82, 2.24) is 4.98 Å². The lowest BCUT2D eigenvalue weighted by Crippen LogP contribution is -2.37. The predicted molar refractivity (Wildman–Crippen MR) is 104 cm³/mol. The second-order valence-electron chi connectivity index (χ2n) is 6.30. The van der Waals surface area contributed by atoms with Gasteiger partial charge in [-0.2, -0.15) is 0 Å². The van der Waals surface area contributed by atoms with Gasteiger partial charge in [0.1, 0.15) is 5.82 Å². The molecule has 3 rings (SSSR count). The number of hydrogen-bond donors (Lipinski definition) is 0. The highest BCUT2D eigenvalue weighted by Gasteiger charge is 2.23. The van der Waals surface area contributed by atoms with Crippen LogP contribution in [-0.4, -0.2) is 31.0 Å². The molecule has 1 unspecified atom stereocenters. The summed E-state index contributed by atoms with van der Waals surface area (Å²) in [6.07, 6.45) is 5.81. The molecule has 25 heavy (non-hydrogen) atoms. The minimum atomic E-state index is 0.497. The highest BCUT2D eigenvalue weighted by molar-refractivity contribution is 6.33. The Morgan fingerprint density at radius 2 is 2.00 bits per heavy atom. The number of anilines is 2. The minimum Gasteiger partial charge on any atom is -0.355 e. The van der Waals surface area contributed by atoms with E-state index in [0.717, 1.165) is 50.3 Å². The molecular weight excluding hydrogens is 357 g/mol. The van der Waals surface area contributed by atoms with Gasteiger partial charge in [0, 0.05) is 25.8 Å². The third kappa shape index (κ3) is 4.44. The quantitative estimate of drug-likeness (QED) is 0.686. The Morgan fingerprint density at radius 1 is 1.20 bits per heavy atom. The van der Waals surface area contributed by atoms with E-state index in [1.165, 1.54) is 0 Å². The second kappa shape index (κ2) is 8.54. The Morgan fingerprint density at radius 3 is 2.76 bits per heavy atom. The maximum absolute atomic E-state index is 11.5. The van der Waals surface area contributed by atoms with Gasteiger partial charge in [0.25, 0.3) is 0 Å². The van der Waals surface area contributed by atoms with Crippen LogP contribution in [0.25, 0.3) is 0 Å². The molecule has 0 N–H and O–H groups in total. The molecule has 0 aliphatic carbocycles. The van der Waals surface area contributed by atoms with Gasteiger partial charge < -0.3 is 9.80 Å². The van der Waals surface area contributed by atoms with E-state index in [0.29, 0.717) is 22.5 Å². The lowest BCUT2D eigenvalue weighted by molar-refractivity contribution is -0.107. The summed E-state index contributed by atoms with van der Waals surface area (Å²) >= 11 is 12.5. The predicted octanol–water partition coefficient (Wildman–Crippen LogP) is 4.66. The number of piperidine rings is 1. The molecule has 132 valence electrons. The summed E-state index contributed by atoms with van der Waals surface area (Å²) in [6, 6.07) is 11.2. The Balaban J connectivity index is 1.62. The van der Waals surface area contributed by atoms with Crippen molar-refractivity contribution in [3.63, 3.8) is 0 Å². The van der Waals surface area contributed by atoms with Crippen LogP contribution in [-0.2, 0) is 4.79 Å². The molecule has 1 aliphatic rings.